The summed E-state index contributed by atoms with van der Waals surface area (Å²) in [7, 11) is 0. The SMILES string of the molecule is CC(C(=O)O)N(Cc1ccc(C(=O)Nc2ccccc2)cc1)C1CC1. The lowest BCUT2D eigenvalue weighted by atomic mass is 10.1. The van der Waals surface area contributed by atoms with Crippen molar-refractivity contribution >= 4 is 17.6 Å². The molecular formula is C20H22N2O3. The Morgan fingerprint density at radius 2 is 1.76 bits per heavy atom. The first kappa shape index (κ1) is 17.2. The lowest BCUT2D eigenvalue weighted by Gasteiger charge is -2.26. The number of carbonyl (C=O) groups excluding carboxylic acids is 1. The fourth-order valence-electron chi connectivity index (χ4n) is 2.83. The first-order valence-corrected chi connectivity index (χ1v) is 8.48. The minimum absolute atomic E-state index is 0.157. The third-order valence-corrected chi connectivity index (χ3v) is 4.48. The van der Waals surface area contributed by atoms with Crippen LogP contribution in [0, 0.1) is 0 Å². The van der Waals surface area contributed by atoms with Crippen molar-refractivity contribution in [3.8, 4) is 0 Å². The molecule has 0 heterocycles. The molecule has 0 aliphatic heterocycles. The van der Waals surface area contributed by atoms with Gasteiger partial charge in [-0.1, -0.05) is 30.3 Å². The Balaban J connectivity index is 1.65. The Labute approximate surface area is 147 Å². The van der Waals surface area contributed by atoms with E-state index in [1.165, 1.54) is 0 Å². The molecule has 130 valence electrons. The fraction of sp³-hybridized carbons (Fsp3) is 0.300. The number of hydrogen-bond acceptors (Lipinski definition) is 3. The van der Waals surface area contributed by atoms with Crippen molar-refractivity contribution in [1.29, 1.82) is 0 Å². The lowest BCUT2D eigenvalue weighted by Crippen LogP contribution is -2.40. The van der Waals surface area contributed by atoms with Gasteiger partial charge < -0.3 is 10.4 Å². The van der Waals surface area contributed by atoms with Crippen LogP contribution in [0.1, 0.15) is 35.7 Å². The molecule has 1 aliphatic rings. The smallest absolute Gasteiger partial charge is 0.320 e. The van der Waals surface area contributed by atoms with E-state index in [4.69, 9.17) is 0 Å². The maximum absolute atomic E-state index is 12.3. The van der Waals surface area contributed by atoms with Crippen LogP contribution in [0.4, 0.5) is 5.69 Å². The van der Waals surface area contributed by atoms with Crippen LogP contribution >= 0.6 is 0 Å². The van der Waals surface area contributed by atoms with Gasteiger partial charge in [0.2, 0.25) is 0 Å². The second kappa shape index (κ2) is 7.49. The van der Waals surface area contributed by atoms with Gasteiger partial charge >= 0.3 is 5.97 Å². The summed E-state index contributed by atoms with van der Waals surface area (Å²) < 4.78 is 0. The molecule has 2 aromatic rings. The van der Waals surface area contributed by atoms with Gasteiger partial charge in [0, 0.05) is 23.8 Å². The maximum Gasteiger partial charge on any atom is 0.320 e. The number of rotatable bonds is 7. The van der Waals surface area contributed by atoms with Crippen LogP contribution < -0.4 is 5.32 Å². The summed E-state index contributed by atoms with van der Waals surface area (Å²) in [5, 5.41) is 12.1. The number of benzene rings is 2. The summed E-state index contributed by atoms with van der Waals surface area (Å²) in [5.74, 6) is -0.957. The molecule has 0 radical (unpaired) electrons. The van der Waals surface area contributed by atoms with Gasteiger partial charge in [0.25, 0.3) is 5.91 Å². The molecule has 5 heteroatoms. The highest BCUT2D eigenvalue weighted by molar-refractivity contribution is 6.04. The van der Waals surface area contributed by atoms with Crippen LogP contribution in [0.5, 0.6) is 0 Å². The van der Waals surface area contributed by atoms with Gasteiger partial charge in [-0.2, -0.15) is 0 Å². The van der Waals surface area contributed by atoms with Gasteiger partial charge in [-0.15, -0.1) is 0 Å². The first-order valence-electron chi connectivity index (χ1n) is 8.48. The van der Waals surface area contributed by atoms with E-state index in [0.29, 0.717) is 18.2 Å². The predicted molar refractivity (Wildman–Crippen MR) is 96.5 cm³/mol. The molecular weight excluding hydrogens is 316 g/mol. The minimum Gasteiger partial charge on any atom is -0.480 e. The number of aliphatic carboxylic acids is 1. The van der Waals surface area contributed by atoms with Gasteiger partial charge in [0.1, 0.15) is 6.04 Å². The molecule has 0 aromatic heterocycles. The number of anilines is 1. The van der Waals surface area contributed by atoms with Gasteiger partial charge in [0.15, 0.2) is 0 Å². The summed E-state index contributed by atoms with van der Waals surface area (Å²) >= 11 is 0. The molecule has 25 heavy (non-hydrogen) atoms. The Bertz CT molecular complexity index is 739. The number of nitrogens with zero attached hydrogens (tertiary/aromatic N) is 1. The van der Waals surface area contributed by atoms with E-state index in [1.807, 2.05) is 47.4 Å². The Morgan fingerprint density at radius 3 is 2.32 bits per heavy atom. The highest BCUT2D eigenvalue weighted by Gasteiger charge is 2.34. The predicted octanol–water partition coefficient (Wildman–Crippen LogP) is 3.38. The molecule has 1 saturated carbocycles. The molecule has 1 fully saturated rings. The lowest BCUT2D eigenvalue weighted by molar-refractivity contribution is -0.143. The Morgan fingerprint density at radius 1 is 1.12 bits per heavy atom. The van der Waals surface area contributed by atoms with Gasteiger partial charge in [-0.25, -0.2) is 0 Å². The molecule has 5 nitrogen and oxygen atoms in total. The maximum atomic E-state index is 12.3. The van der Waals surface area contributed by atoms with E-state index in [2.05, 4.69) is 5.32 Å². The van der Waals surface area contributed by atoms with Crippen molar-refractivity contribution in [3.05, 3.63) is 65.7 Å². The van der Waals surface area contributed by atoms with Crippen molar-refractivity contribution in [2.45, 2.75) is 38.4 Å². The quantitative estimate of drug-likeness (QED) is 0.812. The number of amides is 1. The summed E-state index contributed by atoms with van der Waals surface area (Å²) in [6.45, 7) is 2.31. The molecule has 1 aliphatic carbocycles. The molecule has 2 N–H and O–H groups in total. The van der Waals surface area contributed by atoms with E-state index in [1.54, 1.807) is 19.1 Å². The van der Waals surface area contributed by atoms with Crippen molar-refractivity contribution in [3.63, 3.8) is 0 Å². The number of nitrogens with one attached hydrogen (secondary N) is 1. The van der Waals surface area contributed by atoms with E-state index in [-0.39, 0.29) is 5.91 Å². The standard InChI is InChI=1S/C20H22N2O3/c1-14(20(24)25)22(18-11-12-18)13-15-7-9-16(10-8-15)19(23)21-17-5-3-2-4-6-17/h2-10,14,18H,11-13H2,1H3,(H,21,23)(H,24,25). The number of carbonyl (C=O) groups is 2. The molecule has 1 atom stereocenters. The second-order valence-corrected chi connectivity index (χ2v) is 6.43. The van der Waals surface area contributed by atoms with Gasteiger partial charge in [-0.05, 0) is 49.6 Å². The Hall–Kier alpha value is -2.66. The second-order valence-electron chi connectivity index (χ2n) is 6.43. The van der Waals surface area contributed by atoms with Crippen molar-refractivity contribution in [1.82, 2.24) is 4.90 Å². The third-order valence-electron chi connectivity index (χ3n) is 4.48. The summed E-state index contributed by atoms with van der Waals surface area (Å²) in [6, 6.07) is 16.5. The van der Waals surface area contributed by atoms with Crippen LogP contribution in [0.15, 0.2) is 54.6 Å². The number of carboxylic acids is 1. The highest BCUT2D eigenvalue weighted by atomic mass is 16.4. The number of carboxylic acid groups (broad SMARTS) is 1. The van der Waals surface area contributed by atoms with E-state index >= 15 is 0 Å². The first-order chi connectivity index (χ1) is 12.0. The highest BCUT2D eigenvalue weighted by Crippen LogP contribution is 2.30. The molecule has 3 rings (SSSR count). The molecule has 1 unspecified atom stereocenters. The topological polar surface area (TPSA) is 69.6 Å². The summed E-state index contributed by atoms with van der Waals surface area (Å²) in [5.41, 5.74) is 2.35. The minimum atomic E-state index is -0.800. The van der Waals surface area contributed by atoms with E-state index in [0.717, 1.165) is 24.1 Å². The molecule has 0 saturated heterocycles. The summed E-state index contributed by atoms with van der Waals surface area (Å²) in [6.07, 6.45) is 2.10. The van der Waals surface area contributed by atoms with Crippen LogP contribution in [-0.4, -0.2) is 34.0 Å². The van der Waals surface area contributed by atoms with Gasteiger partial charge in [0.05, 0.1) is 0 Å². The van der Waals surface area contributed by atoms with Crippen LogP contribution in [0.2, 0.25) is 0 Å². The molecule has 2 aromatic carbocycles. The Kier molecular flexibility index (Phi) is 5.14. The zero-order valence-corrected chi connectivity index (χ0v) is 14.2. The number of hydrogen-bond donors (Lipinski definition) is 2. The van der Waals surface area contributed by atoms with Crippen LogP contribution in [-0.2, 0) is 11.3 Å². The fourth-order valence-corrected chi connectivity index (χ4v) is 2.83. The molecule has 1 amide bonds. The molecule has 0 bridgehead atoms. The average Bonchev–Trinajstić information content (AvgIpc) is 3.45. The van der Waals surface area contributed by atoms with Crippen molar-refractivity contribution in [2.75, 3.05) is 5.32 Å². The van der Waals surface area contributed by atoms with Crippen LogP contribution in [0.25, 0.3) is 0 Å². The summed E-state index contributed by atoms with van der Waals surface area (Å²) in [4.78, 5) is 25.6. The van der Waals surface area contributed by atoms with Crippen molar-refractivity contribution in [2.24, 2.45) is 0 Å². The normalized spacial score (nSPS) is 15.0. The third kappa shape index (κ3) is 4.45. The molecule has 0 spiro atoms. The zero-order chi connectivity index (χ0) is 17.8. The van der Waals surface area contributed by atoms with Crippen molar-refractivity contribution < 1.29 is 14.7 Å². The van der Waals surface area contributed by atoms with Crippen LogP contribution in [0.3, 0.4) is 0 Å². The van der Waals surface area contributed by atoms with Gasteiger partial charge in [-0.3, -0.25) is 14.5 Å². The van der Waals surface area contributed by atoms with E-state index in [9.17, 15) is 14.7 Å². The average molecular weight is 338 g/mol. The van der Waals surface area contributed by atoms with E-state index < -0.39 is 12.0 Å². The largest absolute Gasteiger partial charge is 0.480 e. The monoisotopic (exact) mass is 338 g/mol. The zero-order valence-electron chi connectivity index (χ0n) is 14.2. The number of para-hydroxylation sites is 1.